The molecule has 0 saturated heterocycles. The first-order valence-electron chi connectivity index (χ1n) is 4.92. The standard InChI is InChI=1S/C13H9ClO2Se/c14-10-3-7-12(8-4-10)17-11-5-1-9(2-6-11)13(15)16/h1-8H,(H,15,16). The molecule has 0 bridgehead atoms. The second kappa shape index (κ2) is 5.37. The molecule has 1 N–H and O–H groups in total. The van der Waals surface area contributed by atoms with E-state index in [-0.39, 0.29) is 15.0 Å². The Morgan fingerprint density at radius 2 is 1.41 bits per heavy atom. The number of hydrogen-bond acceptors (Lipinski definition) is 1. The number of aromatic carboxylic acids is 1. The number of hydrogen-bond donors (Lipinski definition) is 1. The van der Waals surface area contributed by atoms with Gasteiger partial charge in [0.15, 0.2) is 0 Å². The Bertz CT molecular complexity index is 520. The van der Waals surface area contributed by atoms with E-state index in [0.717, 1.165) is 9.48 Å². The summed E-state index contributed by atoms with van der Waals surface area (Å²) in [5, 5.41) is 9.51. The Hall–Kier alpha value is -1.28. The van der Waals surface area contributed by atoms with Gasteiger partial charge in [0.1, 0.15) is 0 Å². The molecular formula is C13H9ClO2Se. The zero-order chi connectivity index (χ0) is 12.3. The van der Waals surface area contributed by atoms with E-state index in [1.807, 2.05) is 36.4 Å². The molecule has 2 nitrogen and oxygen atoms in total. The Balaban J connectivity index is 2.13. The fourth-order valence-electron chi connectivity index (χ4n) is 1.30. The van der Waals surface area contributed by atoms with Crippen molar-refractivity contribution in [3.8, 4) is 0 Å². The van der Waals surface area contributed by atoms with Crippen LogP contribution in [0.5, 0.6) is 0 Å². The van der Waals surface area contributed by atoms with Gasteiger partial charge in [-0.1, -0.05) is 0 Å². The average Bonchev–Trinajstić information content (AvgIpc) is 2.33. The molecule has 2 rings (SSSR count). The molecule has 0 saturated carbocycles. The van der Waals surface area contributed by atoms with Gasteiger partial charge < -0.3 is 0 Å². The van der Waals surface area contributed by atoms with E-state index in [0.29, 0.717) is 5.56 Å². The Labute approximate surface area is 110 Å². The van der Waals surface area contributed by atoms with Gasteiger partial charge in [0.05, 0.1) is 0 Å². The van der Waals surface area contributed by atoms with Gasteiger partial charge in [-0.25, -0.2) is 0 Å². The van der Waals surface area contributed by atoms with E-state index in [1.165, 1.54) is 4.46 Å². The van der Waals surface area contributed by atoms with Crippen LogP contribution in [0.3, 0.4) is 0 Å². The number of halogens is 1. The molecule has 2 aromatic rings. The first kappa shape index (κ1) is 12.2. The van der Waals surface area contributed by atoms with Gasteiger partial charge in [0, 0.05) is 0 Å². The third kappa shape index (κ3) is 3.34. The van der Waals surface area contributed by atoms with E-state index < -0.39 is 5.97 Å². The second-order valence-electron chi connectivity index (χ2n) is 3.39. The number of carboxylic acids is 1. The molecule has 0 fully saturated rings. The number of carbonyl (C=O) groups is 1. The molecule has 4 heteroatoms. The summed E-state index contributed by atoms with van der Waals surface area (Å²) in [4.78, 5) is 10.7. The molecule has 0 unspecified atom stereocenters. The zero-order valence-corrected chi connectivity index (χ0v) is 11.2. The summed E-state index contributed by atoms with van der Waals surface area (Å²) < 4.78 is 2.36. The van der Waals surface area contributed by atoms with Crippen molar-refractivity contribution in [1.82, 2.24) is 0 Å². The van der Waals surface area contributed by atoms with Crippen molar-refractivity contribution in [3.63, 3.8) is 0 Å². The summed E-state index contributed by atoms with van der Waals surface area (Å²) >= 11 is 5.99. The summed E-state index contributed by atoms with van der Waals surface area (Å²) in [5.74, 6) is -0.893. The molecule has 0 amide bonds. The van der Waals surface area contributed by atoms with Crippen LogP contribution in [0, 0.1) is 0 Å². The van der Waals surface area contributed by atoms with Crippen molar-refractivity contribution < 1.29 is 9.90 Å². The predicted octanol–water partition coefficient (Wildman–Crippen LogP) is 1.69. The van der Waals surface area contributed by atoms with Gasteiger partial charge >= 0.3 is 110 Å². The first-order chi connectivity index (χ1) is 8.15. The first-order valence-corrected chi connectivity index (χ1v) is 7.01. The molecule has 0 aromatic heterocycles. The maximum atomic E-state index is 10.7. The SMILES string of the molecule is O=C(O)c1ccc([Se]c2ccc(Cl)cc2)cc1. The van der Waals surface area contributed by atoms with Crippen LogP contribution in [-0.4, -0.2) is 26.0 Å². The molecule has 86 valence electrons. The fourth-order valence-corrected chi connectivity index (χ4v) is 3.14. The topological polar surface area (TPSA) is 37.3 Å². The summed E-state index contributed by atoms with van der Waals surface area (Å²) in [6, 6.07) is 14.7. The van der Waals surface area contributed by atoms with Crippen LogP contribution in [0.15, 0.2) is 48.5 Å². The summed E-state index contributed by atoms with van der Waals surface area (Å²) in [6.07, 6.45) is 0. The summed E-state index contributed by atoms with van der Waals surface area (Å²) in [6.45, 7) is 0. The van der Waals surface area contributed by atoms with Crippen LogP contribution < -0.4 is 8.92 Å². The minimum absolute atomic E-state index is 0.182. The van der Waals surface area contributed by atoms with Gasteiger partial charge in [0.25, 0.3) is 0 Å². The summed E-state index contributed by atoms with van der Waals surface area (Å²) in [5.41, 5.74) is 0.320. The number of carboxylic acid groups (broad SMARTS) is 1. The quantitative estimate of drug-likeness (QED) is 0.876. The van der Waals surface area contributed by atoms with Gasteiger partial charge in [-0.2, -0.15) is 0 Å². The van der Waals surface area contributed by atoms with Gasteiger partial charge in [-0.15, -0.1) is 0 Å². The molecule has 17 heavy (non-hydrogen) atoms. The van der Waals surface area contributed by atoms with E-state index in [1.54, 1.807) is 12.1 Å². The van der Waals surface area contributed by atoms with Crippen LogP contribution in [-0.2, 0) is 0 Å². The van der Waals surface area contributed by atoms with Crippen LogP contribution in [0.25, 0.3) is 0 Å². The van der Waals surface area contributed by atoms with Crippen molar-refractivity contribution in [1.29, 1.82) is 0 Å². The monoisotopic (exact) mass is 312 g/mol. The molecule has 0 spiro atoms. The van der Waals surface area contributed by atoms with E-state index in [4.69, 9.17) is 16.7 Å². The van der Waals surface area contributed by atoms with E-state index in [2.05, 4.69) is 0 Å². The van der Waals surface area contributed by atoms with Crippen molar-refractivity contribution >= 4 is 41.5 Å². The van der Waals surface area contributed by atoms with E-state index in [9.17, 15) is 4.79 Å². The van der Waals surface area contributed by atoms with Crippen molar-refractivity contribution in [2.45, 2.75) is 0 Å². The Kier molecular flexibility index (Phi) is 3.85. The molecule has 0 aliphatic heterocycles. The molecule has 0 atom stereocenters. The van der Waals surface area contributed by atoms with Gasteiger partial charge in [0.2, 0.25) is 0 Å². The molecule has 0 heterocycles. The molecular weight excluding hydrogens is 303 g/mol. The molecule has 0 aliphatic rings. The minimum atomic E-state index is -0.893. The van der Waals surface area contributed by atoms with Crippen LogP contribution in [0.2, 0.25) is 5.02 Å². The zero-order valence-electron chi connectivity index (χ0n) is 8.76. The van der Waals surface area contributed by atoms with Crippen LogP contribution in [0.4, 0.5) is 0 Å². The maximum absolute atomic E-state index is 10.7. The van der Waals surface area contributed by atoms with Crippen molar-refractivity contribution in [2.75, 3.05) is 0 Å². The third-order valence-electron chi connectivity index (χ3n) is 2.15. The predicted molar refractivity (Wildman–Crippen MR) is 69.9 cm³/mol. The number of benzene rings is 2. The Morgan fingerprint density at radius 1 is 0.941 bits per heavy atom. The Morgan fingerprint density at radius 3 is 1.88 bits per heavy atom. The van der Waals surface area contributed by atoms with Crippen LogP contribution >= 0.6 is 11.6 Å². The molecule has 0 radical (unpaired) electrons. The molecule has 2 aromatic carbocycles. The van der Waals surface area contributed by atoms with E-state index >= 15 is 0 Å². The van der Waals surface area contributed by atoms with Crippen molar-refractivity contribution in [3.05, 3.63) is 59.1 Å². The average molecular weight is 312 g/mol. The fraction of sp³-hybridized carbons (Fsp3) is 0. The normalized spacial score (nSPS) is 10.2. The van der Waals surface area contributed by atoms with Crippen molar-refractivity contribution in [2.24, 2.45) is 0 Å². The van der Waals surface area contributed by atoms with Crippen LogP contribution in [0.1, 0.15) is 10.4 Å². The number of rotatable bonds is 3. The second-order valence-corrected chi connectivity index (χ2v) is 6.23. The third-order valence-corrected chi connectivity index (χ3v) is 4.53. The van der Waals surface area contributed by atoms with Gasteiger partial charge in [-0.3, -0.25) is 0 Å². The molecule has 0 aliphatic carbocycles. The van der Waals surface area contributed by atoms with Gasteiger partial charge in [-0.05, 0) is 0 Å². The summed E-state index contributed by atoms with van der Waals surface area (Å²) in [7, 11) is 0.